The highest BCUT2D eigenvalue weighted by atomic mass is 35.5. The first-order valence-electron chi connectivity index (χ1n) is 7.57. The van der Waals surface area contributed by atoms with E-state index in [1.165, 1.54) is 34.2 Å². The number of fused-ring (bicyclic) bond motifs is 3. The van der Waals surface area contributed by atoms with E-state index in [9.17, 15) is 0 Å². The first-order chi connectivity index (χ1) is 10.8. The lowest BCUT2D eigenvalue weighted by Crippen LogP contribution is -2.04. The monoisotopic (exact) mass is 329 g/mol. The van der Waals surface area contributed by atoms with Gasteiger partial charge in [0.2, 0.25) is 5.28 Å². The molecule has 2 heterocycles. The summed E-state index contributed by atoms with van der Waals surface area (Å²) in [5.41, 5.74) is 2.66. The molecular formula is C17H16ClN3S. The second-order valence-electron chi connectivity index (χ2n) is 5.57. The number of hydrogen-bond acceptors (Lipinski definition) is 4. The molecule has 22 heavy (non-hydrogen) atoms. The summed E-state index contributed by atoms with van der Waals surface area (Å²) < 4.78 is 0. The van der Waals surface area contributed by atoms with Gasteiger partial charge in [-0.25, -0.2) is 9.97 Å². The van der Waals surface area contributed by atoms with E-state index in [2.05, 4.69) is 27.4 Å². The van der Waals surface area contributed by atoms with Gasteiger partial charge >= 0.3 is 0 Å². The summed E-state index contributed by atoms with van der Waals surface area (Å²) in [6, 6.07) is 10.3. The van der Waals surface area contributed by atoms with Gasteiger partial charge in [0.1, 0.15) is 10.6 Å². The minimum absolute atomic E-state index is 0.321. The van der Waals surface area contributed by atoms with E-state index in [-0.39, 0.29) is 0 Å². The van der Waals surface area contributed by atoms with Crippen molar-refractivity contribution >= 4 is 39.0 Å². The Morgan fingerprint density at radius 2 is 1.91 bits per heavy atom. The van der Waals surface area contributed by atoms with Gasteiger partial charge in [-0.2, -0.15) is 0 Å². The van der Waals surface area contributed by atoms with Crippen LogP contribution in [0, 0.1) is 0 Å². The fraction of sp³-hybridized carbons (Fsp3) is 0.294. The van der Waals surface area contributed by atoms with Crippen LogP contribution >= 0.6 is 22.9 Å². The third-order valence-corrected chi connectivity index (χ3v) is 5.44. The van der Waals surface area contributed by atoms with Crippen molar-refractivity contribution in [2.75, 3.05) is 5.32 Å². The minimum Gasteiger partial charge on any atom is -0.365 e. The van der Waals surface area contributed by atoms with Crippen LogP contribution in [0.2, 0.25) is 5.28 Å². The molecule has 1 N–H and O–H groups in total. The molecular weight excluding hydrogens is 314 g/mol. The number of halogens is 1. The van der Waals surface area contributed by atoms with E-state index in [4.69, 9.17) is 11.6 Å². The van der Waals surface area contributed by atoms with Gasteiger partial charge in [-0.3, -0.25) is 0 Å². The number of nitrogens with one attached hydrogen (secondary N) is 1. The summed E-state index contributed by atoms with van der Waals surface area (Å²) in [6.07, 6.45) is 4.81. The van der Waals surface area contributed by atoms with Crippen molar-refractivity contribution in [2.45, 2.75) is 32.2 Å². The van der Waals surface area contributed by atoms with Crippen LogP contribution in [0.15, 0.2) is 30.3 Å². The number of nitrogens with zero attached hydrogens (tertiary/aromatic N) is 2. The summed E-state index contributed by atoms with van der Waals surface area (Å²) in [4.78, 5) is 11.4. The molecule has 1 aromatic carbocycles. The van der Waals surface area contributed by atoms with Gasteiger partial charge in [-0.1, -0.05) is 30.3 Å². The van der Waals surface area contributed by atoms with Gasteiger partial charge in [-0.15, -0.1) is 11.3 Å². The molecule has 0 spiro atoms. The maximum atomic E-state index is 6.11. The Balaban J connectivity index is 1.74. The second-order valence-corrected chi connectivity index (χ2v) is 6.99. The van der Waals surface area contributed by atoms with Crippen molar-refractivity contribution < 1.29 is 0 Å². The molecule has 0 bridgehead atoms. The molecule has 0 amide bonds. The highest BCUT2D eigenvalue weighted by Crippen LogP contribution is 2.39. The molecule has 5 heteroatoms. The topological polar surface area (TPSA) is 37.8 Å². The zero-order valence-corrected chi connectivity index (χ0v) is 13.7. The number of thiophene rings is 1. The van der Waals surface area contributed by atoms with Gasteiger partial charge < -0.3 is 5.32 Å². The number of benzene rings is 1. The summed E-state index contributed by atoms with van der Waals surface area (Å²) >= 11 is 7.89. The van der Waals surface area contributed by atoms with Crippen molar-refractivity contribution in [3.8, 4) is 0 Å². The van der Waals surface area contributed by atoms with Crippen molar-refractivity contribution in [2.24, 2.45) is 0 Å². The lowest BCUT2D eigenvalue weighted by molar-refractivity contribution is 0.700. The van der Waals surface area contributed by atoms with Crippen LogP contribution in [0.3, 0.4) is 0 Å². The molecule has 0 radical (unpaired) electrons. The molecule has 0 atom stereocenters. The van der Waals surface area contributed by atoms with E-state index in [1.54, 1.807) is 11.3 Å². The number of hydrogen-bond donors (Lipinski definition) is 1. The maximum Gasteiger partial charge on any atom is 0.225 e. The van der Waals surface area contributed by atoms with Gasteiger partial charge in [0.15, 0.2) is 0 Å². The van der Waals surface area contributed by atoms with Gasteiger partial charge in [0.25, 0.3) is 0 Å². The summed E-state index contributed by atoms with van der Waals surface area (Å²) in [5.74, 6) is 0.873. The number of anilines is 1. The lowest BCUT2D eigenvalue weighted by atomic mass is 9.97. The number of aromatic nitrogens is 2. The van der Waals surface area contributed by atoms with Gasteiger partial charge in [0, 0.05) is 11.4 Å². The molecule has 4 rings (SSSR count). The zero-order valence-electron chi connectivity index (χ0n) is 12.1. The summed E-state index contributed by atoms with van der Waals surface area (Å²) in [6.45, 7) is 0.744. The van der Waals surface area contributed by atoms with Crippen molar-refractivity contribution in [1.82, 2.24) is 9.97 Å². The number of aryl methyl sites for hydroxylation is 2. The van der Waals surface area contributed by atoms with E-state index >= 15 is 0 Å². The van der Waals surface area contributed by atoms with Crippen molar-refractivity contribution in [3.05, 3.63) is 51.6 Å². The predicted molar refractivity (Wildman–Crippen MR) is 92.8 cm³/mol. The van der Waals surface area contributed by atoms with Gasteiger partial charge in [-0.05, 0) is 48.4 Å². The molecule has 1 aliphatic rings. The third kappa shape index (κ3) is 2.57. The molecule has 3 nitrogen and oxygen atoms in total. The van der Waals surface area contributed by atoms with E-state index in [1.807, 2.05) is 18.2 Å². The van der Waals surface area contributed by atoms with Crippen LogP contribution in [0.5, 0.6) is 0 Å². The van der Waals surface area contributed by atoms with Crippen LogP contribution in [-0.4, -0.2) is 9.97 Å². The Kier molecular flexibility index (Phi) is 3.72. The molecule has 0 saturated carbocycles. The molecule has 0 aliphatic heterocycles. The molecule has 0 unspecified atom stereocenters. The molecule has 2 aromatic heterocycles. The van der Waals surface area contributed by atoms with E-state index in [0.29, 0.717) is 5.28 Å². The SMILES string of the molecule is Clc1nc(NCc2ccccc2)c2c3c(sc2n1)CCCC3. The Morgan fingerprint density at radius 3 is 2.77 bits per heavy atom. The van der Waals surface area contributed by atoms with E-state index < -0.39 is 0 Å². The van der Waals surface area contributed by atoms with Crippen LogP contribution in [0.1, 0.15) is 28.8 Å². The summed E-state index contributed by atoms with van der Waals surface area (Å²) in [7, 11) is 0. The third-order valence-electron chi connectivity index (χ3n) is 4.09. The van der Waals surface area contributed by atoms with Crippen LogP contribution < -0.4 is 5.32 Å². The Labute approximate surface area is 138 Å². The summed E-state index contributed by atoms with van der Waals surface area (Å²) in [5, 5.41) is 4.95. The Hall–Kier alpha value is -1.65. The first kappa shape index (κ1) is 14.0. The van der Waals surface area contributed by atoms with Crippen LogP contribution in [0.4, 0.5) is 5.82 Å². The van der Waals surface area contributed by atoms with Crippen LogP contribution in [-0.2, 0) is 19.4 Å². The molecule has 1 aliphatic carbocycles. The fourth-order valence-corrected chi connectivity index (χ4v) is 4.52. The zero-order chi connectivity index (χ0) is 14.9. The predicted octanol–water partition coefficient (Wildman–Crippen LogP) is 4.84. The quantitative estimate of drug-likeness (QED) is 0.699. The second kappa shape index (κ2) is 5.86. The Morgan fingerprint density at radius 1 is 1.09 bits per heavy atom. The molecule has 3 aromatic rings. The lowest BCUT2D eigenvalue weighted by Gasteiger charge is -2.12. The highest BCUT2D eigenvalue weighted by Gasteiger charge is 2.20. The average Bonchev–Trinajstić information content (AvgIpc) is 2.91. The maximum absolute atomic E-state index is 6.11. The average molecular weight is 330 g/mol. The largest absolute Gasteiger partial charge is 0.365 e. The van der Waals surface area contributed by atoms with Gasteiger partial charge in [0.05, 0.1) is 5.39 Å². The minimum atomic E-state index is 0.321. The normalized spacial score (nSPS) is 14.0. The van der Waals surface area contributed by atoms with E-state index in [0.717, 1.165) is 30.0 Å². The van der Waals surface area contributed by atoms with Crippen molar-refractivity contribution in [1.29, 1.82) is 0 Å². The highest BCUT2D eigenvalue weighted by molar-refractivity contribution is 7.19. The Bertz CT molecular complexity index is 814. The molecule has 0 fully saturated rings. The first-order valence-corrected chi connectivity index (χ1v) is 8.76. The molecule has 0 saturated heterocycles. The fourth-order valence-electron chi connectivity index (χ4n) is 3.04. The molecule has 112 valence electrons. The van der Waals surface area contributed by atoms with Crippen LogP contribution in [0.25, 0.3) is 10.2 Å². The van der Waals surface area contributed by atoms with Crippen molar-refractivity contribution in [3.63, 3.8) is 0 Å². The smallest absolute Gasteiger partial charge is 0.225 e. The number of rotatable bonds is 3. The standard InChI is InChI=1S/C17H16ClN3S/c18-17-20-15(19-10-11-6-2-1-3-7-11)14-12-8-4-5-9-13(12)22-16(14)21-17/h1-3,6-7H,4-5,8-10H2,(H,19,20,21).